The summed E-state index contributed by atoms with van der Waals surface area (Å²) in [5.41, 5.74) is -1.62. The Balaban J connectivity index is 1.97. The van der Waals surface area contributed by atoms with Crippen molar-refractivity contribution in [1.82, 2.24) is 14.9 Å². The highest BCUT2D eigenvalue weighted by Crippen LogP contribution is 2.34. The maximum Gasteiger partial charge on any atom is 0.418 e. The second-order valence-corrected chi connectivity index (χ2v) is 6.01. The summed E-state index contributed by atoms with van der Waals surface area (Å²) < 4.78 is 45.1. The van der Waals surface area contributed by atoms with E-state index < -0.39 is 34.9 Å². The summed E-state index contributed by atoms with van der Waals surface area (Å²) in [4.78, 5) is 25.0. The minimum absolute atomic E-state index is 0.00958. The Morgan fingerprint density at radius 1 is 1.26 bits per heavy atom. The van der Waals surface area contributed by atoms with Gasteiger partial charge in [-0.05, 0) is 32.9 Å². The number of rotatable bonds is 3. The molecule has 142 valence electrons. The Kier molecular flexibility index (Phi) is 4.50. The standard InChI is InChI=1S/C17H15F3N4O3/c1-8-13-10(3)27-23-14(13)16(26)24(22-8)9(2)15(25)21-12-7-5-4-6-11(12)17(18,19)20/h4-7,9H,1-3H3,(H,21,25)/t9-/m1/s1. The average Bonchev–Trinajstić information content (AvgIpc) is 2.99. The Morgan fingerprint density at radius 2 is 1.93 bits per heavy atom. The van der Waals surface area contributed by atoms with Crippen LogP contribution in [0.2, 0.25) is 0 Å². The van der Waals surface area contributed by atoms with E-state index in [4.69, 9.17) is 4.52 Å². The van der Waals surface area contributed by atoms with Crippen LogP contribution >= 0.6 is 0 Å². The normalized spacial score (nSPS) is 13.0. The van der Waals surface area contributed by atoms with Crippen LogP contribution in [0.25, 0.3) is 10.9 Å². The lowest BCUT2D eigenvalue weighted by atomic mass is 10.1. The van der Waals surface area contributed by atoms with E-state index in [1.165, 1.54) is 19.1 Å². The number of nitrogens with zero attached hydrogens (tertiary/aromatic N) is 3. The Hall–Kier alpha value is -3.17. The number of aromatic nitrogens is 3. The summed E-state index contributed by atoms with van der Waals surface area (Å²) >= 11 is 0. The zero-order valence-corrected chi connectivity index (χ0v) is 14.6. The number of fused-ring (bicyclic) bond motifs is 1. The average molecular weight is 380 g/mol. The lowest BCUT2D eigenvalue weighted by Gasteiger charge is -2.17. The molecule has 27 heavy (non-hydrogen) atoms. The maximum atomic E-state index is 13.1. The molecule has 1 atom stereocenters. The van der Waals surface area contributed by atoms with Gasteiger partial charge in [0, 0.05) is 0 Å². The van der Waals surface area contributed by atoms with Crippen molar-refractivity contribution in [2.45, 2.75) is 33.0 Å². The number of halogens is 3. The highest BCUT2D eigenvalue weighted by molar-refractivity contribution is 5.94. The van der Waals surface area contributed by atoms with Crippen LogP contribution in [0.15, 0.2) is 33.6 Å². The highest BCUT2D eigenvalue weighted by atomic mass is 19.4. The van der Waals surface area contributed by atoms with Gasteiger partial charge in [0.05, 0.1) is 22.3 Å². The van der Waals surface area contributed by atoms with E-state index in [2.05, 4.69) is 15.6 Å². The zero-order chi connectivity index (χ0) is 19.9. The Morgan fingerprint density at radius 3 is 2.59 bits per heavy atom. The molecule has 1 amide bonds. The molecule has 0 saturated heterocycles. The quantitative estimate of drug-likeness (QED) is 0.754. The van der Waals surface area contributed by atoms with Gasteiger partial charge in [-0.15, -0.1) is 0 Å². The van der Waals surface area contributed by atoms with Crippen molar-refractivity contribution in [2.75, 3.05) is 5.32 Å². The van der Waals surface area contributed by atoms with Crippen molar-refractivity contribution < 1.29 is 22.5 Å². The number of carbonyl (C=O) groups is 1. The summed E-state index contributed by atoms with van der Waals surface area (Å²) in [6, 6.07) is 3.42. The number of anilines is 1. The zero-order valence-electron chi connectivity index (χ0n) is 14.6. The Bertz CT molecular complexity index is 1090. The fourth-order valence-electron chi connectivity index (χ4n) is 2.76. The number of hydrogen-bond acceptors (Lipinski definition) is 5. The van der Waals surface area contributed by atoms with Crippen LogP contribution in [0.3, 0.4) is 0 Å². The molecule has 3 rings (SSSR count). The van der Waals surface area contributed by atoms with E-state index >= 15 is 0 Å². The molecular weight excluding hydrogens is 365 g/mol. The van der Waals surface area contributed by atoms with Crippen molar-refractivity contribution in [3.8, 4) is 0 Å². The number of benzene rings is 1. The van der Waals surface area contributed by atoms with Gasteiger partial charge in [0.15, 0.2) is 5.52 Å². The number of aryl methyl sites for hydroxylation is 2. The van der Waals surface area contributed by atoms with E-state index in [1.54, 1.807) is 13.8 Å². The van der Waals surface area contributed by atoms with Gasteiger partial charge < -0.3 is 9.84 Å². The fourth-order valence-corrected chi connectivity index (χ4v) is 2.76. The topological polar surface area (TPSA) is 90.0 Å². The van der Waals surface area contributed by atoms with Gasteiger partial charge in [0.2, 0.25) is 5.91 Å². The first kappa shape index (κ1) is 18.6. The van der Waals surface area contributed by atoms with Gasteiger partial charge in [-0.25, -0.2) is 4.68 Å². The van der Waals surface area contributed by atoms with Gasteiger partial charge in [0.1, 0.15) is 11.8 Å². The monoisotopic (exact) mass is 380 g/mol. The second-order valence-electron chi connectivity index (χ2n) is 6.01. The van der Waals surface area contributed by atoms with Gasteiger partial charge in [-0.3, -0.25) is 9.59 Å². The van der Waals surface area contributed by atoms with Gasteiger partial charge >= 0.3 is 6.18 Å². The van der Waals surface area contributed by atoms with E-state index in [-0.39, 0.29) is 5.52 Å². The predicted molar refractivity (Wildman–Crippen MR) is 90.3 cm³/mol. The molecular formula is C17H15F3N4O3. The Labute approximate surface area is 150 Å². The van der Waals surface area contributed by atoms with Crippen LogP contribution in [0.4, 0.5) is 18.9 Å². The summed E-state index contributed by atoms with van der Waals surface area (Å²) in [5.74, 6) is -0.407. The van der Waals surface area contributed by atoms with Crippen LogP contribution in [0, 0.1) is 13.8 Å². The van der Waals surface area contributed by atoms with Crippen molar-refractivity contribution in [3.63, 3.8) is 0 Å². The first-order valence-corrected chi connectivity index (χ1v) is 7.93. The molecule has 1 N–H and O–H groups in total. The molecule has 0 radical (unpaired) electrons. The first-order valence-electron chi connectivity index (χ1n) is 7.93. The summed E-state index contributed by atoms with van der Waals surface area (Å²) in [6.45, 7) is 4.60. The summed E-state index contributed by atoms with van der Waals surface area (Å²) in [7, 11) is 0. The van der Waals surface area contributed by atoms with Crippen LogP contribution in [0.5, 0.6) is 0 Å². The van der Waals surface area contributed by atoms with Gasteiger partial charge in [-0.1, -0.05) is 17.3 Å². The second kappa shape index (κ2) is 6.53. The third-order valence-corrected chi connectivity index (χ3v) is 4.13. The molecule has 2 aromatic heterocycles. The molecule has 0 saturated carbocycles. The number of para-hydroxylation sites is 1. The van der Waals surface area contributed by atoms with E-state index in [0.29, 0.717) is 16.8 Å². The smallest absolute Gasteiger partial charge is 0.360 e. The number of carbonyl (C=O) groups excluding carboxylic acids is 1. The number of hydrogen-bond donors (Lipinski definition) is 1. The van der Waals surface area contributed by atoms with Gasteiger partial charge in [-0.2, -0.15) is 18.3 Å². The van der Waals surface area contributed by atoms with Crippen molar-refractivity contribution in [3.05, 3.63) is 51.6 Å². The largest absolute Gasteiger partial charge is 0.418 e. The lowest BCUT2D eigenvalue weighted by molar-refractivity contribution is -0.137. The van der Waals surface area contributed by atoms with Crippen LogP contribution < -0.4 is 10.9 Å². The van der Waals surface area contributed by atoms with Crippen LogP contribution in [-0.2, 0) is 11.0 Å². The highest BCUT2D eigenvalue weighted by Gasteiger charge is 2.34. The summed E-state index contributed by atoms with van der Waals surface area (Å²) in [6.07, 6.45) is -4.63. The maximum absolute atomic E-state index is 13.1. The summed E-state index contributed by atoms with van der Waals surface area (Å²) in [5, 5.41) is 10.4. The molecule has 0 fully saturated rings. The molecule has 0 aliphatic carbocycles. The van der Waals surface area contributed by atoms with E-state index in [9.17, 15) is 22.8 Å². The first-order chi connectivity index (χ1) is 12.6. The van der Waals surface area contributed by atoms with Crippen LogP contribution in [-0.4, -0.2) is 20.8 Å². The SMILES string of the molecule is Cc1nn([C@H](C)C(=O)Nc2ccccc2C(F)(F)F)c(=O)c2noc(C)c12. The number of amides is 1. The minimum atomic E-state index is -4.63. The molecule has 0 aliphatic rings. The van der Waals surface area contributed by atoms with E-state index in [1.807, 2.05) is 0 Å². The molecule has 0 unspecified atom stereocenters. The lowest BCUT2D eigenvalue weighted by Crippen LogP contribution is -2.34. The molecule has 0 spiro atoms. The molecule has 10 heteroatoms. The molecule has 3 aromatic rings. The number of nitrogens with one attached hydrogen (secondary N) is 1. The molecule has 0 bridgehead atoms. The molecule has 2 heterocycles. The predicted octanol–water partition coefficient (Wildman–Crippen LogP) is 3.22. The van der Waals surface area contributed by atoms with Crippen molar-refractivity contribution in [1.29, 1.82) is 0 Å². The number of alkyl halides is 3. The van der Waals surface area contributed by atoms with Crippen molar-refractivity contribution >= 4 is 22.5 Å². The fraction of sp³-hybridized carbons (Fsp3) is 0.294. The third kappa shape index (κ3) is 3.29. The van der Waals surface area contributed by atoms with Crippen molar-refractivity contribution in [2.24, 2.45) is 0 Å². The third-order valence-electron chi connectivity index (χ3n) is 4.13. The van der Waals surface area contributed by atoms with E-state index in [0.717, 1.165) is 16.8 Å². The van der Waals surface area contributed by atoms with Gasteiger partial charge in [0.25, 0.3) is 5.56 Å². The van der Waals surface area contributed by atoms with Crippen LogP contribution in [0.1, 0.15) is 30.0 Å². The molecule has 1 aromatic carbocycles. The molecule has 0 aliphatic heterocycles. The molecule has 7 nitrogen and oxygen atoms in total. The minimum Gasteiger partial charge on any atom is -0.360 e.